The summed E-state index contributed by atoms with van der Waals surface area (Å²) in [5.74, 6) is -0.276. The lowest BCUT2D eigenvalue weighted by molar-refractivity contribution is -0.120. The maximum Gasteiger partial charge on any atom is 0.235 e. The van der Waals surface area contributed by atoms with Crippen molar-refractivity contribution in [1.82, 2.24) is 10.6 Å². The van der Waals surface area contributed by atoms with Crippen LogP contribution in [-0.2, 0) is 4.79 Å². The molecule has 0 aromatic carbocycles. The standard InChI is InChI=1S/C5H11N3O.ClH/c6-5(9)4-3-7-1-2-8-4;/h4,7-8H,1-3H2,(H2,6,9);1H/t4-;/m0./s1. The zero-order chi connectivity index (χ0) is 6.69. The first kappa shape index (κ1) is 9.68. The molecule has 1 heterocycles. The molecule has 0 saturated carbocycles. The molecule has 4 nitrogen and oxygen atoms in total. The molecular weight excluding hydrogens is 154 g/mol. The fourth-order valence-electron chi connectivity index (χ4n) is 0.855. The maximum atomic E-state index is 10.5. The van der Waals surface area contributed by atoms with Gasteiger partial charge in [-0.15, -0.1) is 12.4 Å². The molecule has 1 fully saturated rings. The molecule has 4 N–H and O–H groups in total. The highest BCUT2D eigenvalue weighted by molar-refractivity contribution is 5.85. The number of nitrogens with one attached hydrogen (secondary N) is 2. The predicted octanol–water partition coefficient (Wildman–Crippen LogP) is -1.55. The van der Waals surface area contributed by atoms with Crippen LogP contribution in [0.15, 0.2) is 0 Å². The summed E-state index contributed by atoms with van der Waals surface area (Å²) in [6.45, 7) is 2.41. The number of halogens is 1. The van der Waals surface area contributed by atoms with Crippen molar-refractivity contribution < 1.29 is 4.79 Å². The van der Waals surface area contributed by atoms with Crippen molar-refractivity contribution in [3.8, 4) is 0 Å². The number of hydrogen-bond acceptors (Lipinski definition) is 3. The van der Waals surface area contributed by atoms with E-state index in [1.54, 1.807) is 0 Å². The van der Waals surface area contributed by atoms with Gasteiger partial charge in [-0.3, -0.25) is 4.79 Å². The number of carbonyl (C=O) groups is 1. The monoisotopic (exact) mass is 165 g/mol. The van der Waals surface area contributed by atoms with E-state index in [9.17, 15) is 4.79 Å². The Bertz CT molecular complexity index is 113. The minimum absolute atomic E-state index is 0. The van der Waals surface area contributed by atoms with E-state index in [4.69, 9.17) is 5.73 Å². The Morgan fingerprint density at radius 2 is 2.20 bits per heavy atom. The number of hydrogen-bond donors (Lipinski definition) is 3. The average Bonchev–Trinajstić information content (AvgIpc) is 1.90. The Balaban J connectivity index is 0.000000810. The molecule has 0 aromatic heterocycles. The summed E-state index contributed by atoms with van der Waals surface area (Å²) in [6.07, 6.45) is 0. The largest absolute Gasteiger partial charge is 0.368 e. The van der Waals surface area contributed by atoms with Gasteiger partial charge in [-0.25, -0.2) is 0 Å². The van der Waals surface area contributed by atoms with Crippen molar-refractivity contribution in [2.75, 3.05) is 19.6 Å². The quantitative estimate of drug-likeness (QED) is 0.441. The van der Waals surface area contributed by atoms with Gasteiger partial charge < -0.3 is 16.4 Å². The molecule has 0 radical (unpaired) electrons. The van der Waals surface area contributed by atoms with Gasteiger partial charge in [0.25, 0.3) is 0 Å². The number of carbonyl (C=O) groups excluding carboxylic acids is 1. The van der Waals surface area contributed by atoms with Gasteiger partial charge in [0.15, 0.2) is 0 Å². The summed E-state index contributed by atoms with van der Waals surface area (Å²) >= 11 is 0. The molecule has 60 valence electrons. The average molecular weight is 166 g/mol. The third kappa shape index (κ3) is 2.51. The van der Waals surface area contributed by atoms with Crippen LogP contribution in [0, 0.1) is 0 Å². The molecule has 0 bridgehead atoms. The molecule has 5 heteroatoms. The first-order valence-electron chi connectivity index (χ1n) is 3.04. The molecular formula is C5H12ClN3O. The van der Waals surface area contributed by atoms with Crippen LogP contribution in [0.5, 0.6) is 0 Å². The summed E-state index contributed by atoms with van der Waals surface area (Å²) in [6, 6.07) is -0.168. The second-order valence-corrected chi connectivity index (χ2v) is 2.11. The van der Waals surface area contributed by atoms with Gasteiger partial charge in [0.2, 0.25) is 5.91 Å². The number of piperazine rings is 1. The summed E-state index contributed by atoms with van der Waals surface area (Å²) in [5, 5.41) is 6.03. The highest BCUT2D eigenvalue weighted by Crippen LogP contribution is 1.83. The first-order chi connectivity index (χ1) is 4.30. The van der Waals surface area contributed by atoms with Crippen LogP contribution in [0.4, 0.5) is 0 Å². The van der Waals surface area contributed by atoms with Crippen molar-refractivity contribution in [2.45, 2.75) is 6.04 Å². The number of nitrogens with two attached hydrogens (primary N) is 1. The third-order valence-electron chi connectivity index (χ3n) is 1.38. The minimum atomic E-state index is -0.276. The Kier molecular flexibility index (Phi) is 4.34. The topological polar surface area (TPSA) is 67.2 Å². The summed E-state index contributed by atoms with van der Waals surface area (Å²) in [4.78, 5) is 10.5. The van der Waals surface area contributed by atoms with E-state index in [1.807, 2.05) is 0 Å². The predicted molar refractivity (Wildman–Crippen MR) is 41.1 cm³/mol. The minimum Gasteiger partial charge on any atom is -0.368 e. The molecule has 1 rings (SSSR count). The Morgan fingerprint density at radius 1 is 1.50 bits per heavy atom. The molecule has 0 aliphatic carbocycles. The fourth-order valence-corrected chi connectivity index (χ4v) is 0.855. The zero-order valence-electron chi connectivity index (χ0n) is 5.59. The maximum absolute atomic E-state index is 10.5. The van der Waals surface area contributed by atoms with Gasteiger partial charge in [-0.2, -0.15) is 0 Å². The molecule has 0 unspecified atom stereocenters. The SMILES string of the molecule is Cl.NC(=O)[C@@H]1CNCCN1. The molecule has 1 saturated heterocycles. The highest BCUT2D eigenvalue weighted by atomic mass is 35.5. The van der Waals surface area contributed by atoms with Crippen molar-refractivity contribution in [3.05, 3.63) is 0 Å². The van der Waals surface area contributed by atoms with Crippen LogP contribution < -0.4 is 16.4 Å². The van der Waals surface area contributed by atoms with E-state index in [1.165, 1.54) is 0 Å². The summed E-state index contributed by atoms with van der Waals surface area (Å²) in [5.41, 5.74) is 5.03. The van der Waals surface area contributed by atoms with Gasteiger partial charge in [0.1, 0.15) is 0 Å². The van der Waals surface area contributed by atoms with Crippen molar-refractivity contribution in [1.29, 1.82) is 0 Å². The number of primary amides is 1. The lowest BCUT2D eigenvalue weighted by atomic mass is 10.2. The van der Waals surface area contributed by atoms with Crippen LogP contribution in [0.3, 0.4) is 0 Å². The summed E-state index contributed by atoms with van der Waals surface area (Å²) < 4.78 is 0. The third-order valence-corrected chi connectivity index (χ3v) is 1.38. The number of amides is 1. The van der Waals surface area contributed by atoms with E-state index in [2.05, 4.69) is 10.6 Å². The van der Waals surface area contributed by atoms with Gasteiger partial charge in [-0.1, -0.05) is 0 Å². The van der Waals surface area contributed by atoms with Crippen molar-refractivity contribution >= 4 is 18.3 Å². The van der Waals surface area contributed by atoms with Crippen LogP contribution in [-0.4, -0.2) is 31.6 Å². The number of rotatable bonds is 1. The Labute approximate surface area is 65.9 Å². The molecule has 10 heavy (non-hydrogen) atoms. The van der Waals surface area contributed by atoms with Crippen LogP contribution in [0.25, 0.3) is 0 Å². The van der Waals surface area contributed by atoms with E-state index in [0.717, 1.165) is 13.1 Å². The van der Waals surface area contributed by atoms with Gasteiger partial charge in [0, 0.05) is 19.6 Å². The van der Waals surface area contributed by atoms with Crippen molar-refractivity contribution in [2.24, 2.45) is 5.73 Å². The van der Waals surface area contributed by atoms with Gasteiger partial charge in [-0.05, 0) is 0 Å². The Hall–Kier alpha value is -0.320. The van der Waals surface area contributed by atoms with Crippen LogP contribution in [0.2, 0.25) is 0 Å². The van der Waals surface area contributed by atoms with Crippen molar-refractivity contribution in [3.63, 3.8) is 0 Å². The zero-order valence-corrected chi connectivity index (χ0v) is 6.41. The van der Waals surface area contributed by atoms with Gasteiger partial charge in [0.05, 0.1) is 6.04 Å². The highest BCUT2D eigenvalue weighted by Gasteiger charge is 2.16. The molecule has 1 aliphatic heterocycles. The summed E-state index contributed by atoms with van der Waals surface area (Å²) in [7, 11) is 0. The lowest BCUT2D eigenvalue weighted by Gasteiger charge is -2.21. The van der Waals surface area contributed by atoms with E-state index < -0.39 is 0 Å². The normalized spacial score (nSPS) is 25.0. The van der Waals surface area contributed by atoms with Crippen LogP contribution in [0.1, 0.15) is 0 Å². The van der Waals surface area contributed by atoms with E-state index in [-0.39, 0.29) is 24.4 Å². The lowest BCUT2D eigenvalue weighted by Crippen LogP contribution is -2.54. The molecule has 0 aromatic rings. The first-order valence-corrected chi connectivity index (χ1v) is 3.04. The fraction of sp³-hybridized carbons (Fsp3) is 0.800. The van der Waals surface area contributed by atoms with E-state index >= 15 is 0 Å². The molecule has 0 spiro atoms. The molecule has 1 atom stereocenters. The second kappa shape index (κ2) is 4.49. The van der Waals surface area contributed by atoms with Crippen LogP contribution >= 0.6 is 12.4 Å². The smallest absolute Gasteiger partial charge is 0.235 e. The molecule has 1 aliphatic rings. The molecule has 1 amide bonds. The van der Waals surface area contributed by atoms with Gasteiger partial charge >= 0.3 is 0 Å². The Morgan fingerprint density at radius 3 is 2.50 bits per heavy atom. The van der Waals surface area contributed by atoms with E-state index in [0.29, 0.717) is 6.54 Å². The second-order valence-electron chi connectivity index (χ2n) is 2.11.